The Kier molecular flexibility index (Phi) is 6.88. The van der Waals surface area contributed by atoms with Gasteiger partial charge in [0.1, 0.15) is 0 Å². The molecule has 0 aliphatic carbocycles. The van der Waals surface area contributed by atoms with Crippen LogP contribution in [0.3, 0.4) is 0 Å². The molecule has 0 saturated carbocycles. The smallest absolute Gasteiger partial charge is 0.237 e. The van der Waals surface area contributed by atoms with Crippen molar-refractivity contribution in [3.63, 3.8) is 0 Å². The van der Waals surface area contributed by atoms with Gasteiger partial charge in [-0.2, -0.15) is 0 Å². The first kappa shape index (κ1) is 16.9. The summed E-state index contributed by atoms with van der Waals surface area (Å²) in [5.41, 5.74) is 5.15. The van der Waals surface area contributed by atoms with E-state index in [-0.39, 0.29) is 18.5 Å². The Morgan fingerprint density at radius 1 is 1.30 bits per heavy atom. The first-order valence-electron chi connectivity index (χ1n) is 6.36. The van der Waals surface area contributed by atoms with Gasteiger partial charge in [-0.3, -0.25) is 9.59 Å². The molecule has 1 rings (SSSR count). The number of nitrogens with zero attached hydrogens (tertiary/aromatic N) is 1. The largest absolute Gasteiger partial charge is 0.368 e. The van der Waals surface area contributed by atoms with E-state index in [2.05, 4.69) is 0 Å². The minimum atomic E-state index is -0.489. The minimum absolute atomic E-state index is 0.0257. The van der Waals surface area contributed by atoms with Crippen LogP contribution in [0.5, 0.6) is 0 Å². The molecule has 2 amide bonds. The lowest BCUT2D eigenvalue weighted by molar-refractivity contribution is -0.136. The van der Waals surface area contributed by atoms with Crippen molar-refractivity contribution in [1.82, 2.24) is 4.90 Å². The molecule has 0 atom stereocenters. The molecule has 0 fully saturated rings. The van der Waals surface area contributed by atoms with E-state index >= 15 is 0 Å². The molecule has 0 spiro atoms. The highest BCUT2D eigenvalue weighted by atomic mass is 35.5. The first-order valence-corrected chi connectivity index (χ1v) is 7.72. The fourth-order valence-electron chi connectivity index (χ4n) is 1.66. The van der Waals surface area contributed by atoms with Crippen molar-refractivity contribution in [2.45, 2.75) is 31.2 Å². The van der Waals surface area contributed by atoms with E-state index < -0.39 is 5.91 Å². The van der Waals surface area contributed by atoms with Crippen LogP contribution >= 0.6 is 23.4 Å². The molecule has 0 heterocycles. The predicted molar refractivity (Wildman–Crippen MR) is 82.8 cm³/mol. The number of thioether (sulfide) groups is 1. The highest BCUT2D eigenvalue weighted by molar-refractivity contribution is 7.99. The molecule has 0 aliphatic heterocycles. The second-order valence-corrected chi connectivity index (χ2v) is 6.24. The summed E-state index contributed by atoms with van der Waals surface area (Å²) in [6.07, 6.45) is 0.374. The van der Waals surface area contributed by atoms with Gasteiger partial charge in [0.25, 0.3) is 0 Å². The molecule has 0 unspecified atom stereocenters. The average molecular weight is 315 g/mol. The van der Waals surface area contributed by atoms with Crippen molar-refractivity contribution in [2.24, 2.45) is 5.73 Å². The van der Waals surface area contributed by atoms with Crippen LogP contribution in [0.4, 0.5) is 0 Å². The van der Waals surface area contributed by atoms with Gasteiger partial charge in [0.05, 0.1) is 6.54 Å². The lowest BCUT2D eigenvalue weighted by Gasteiger charge is -2.25. The SMILES string of the molecule is CC(C)N(CC(N)=O)C(=O)CCSc1ccc(Cl)cc1. The second kappa shape index (κ2) is 8.17. The Bertz CT molecular complexity index is 463. The monoisotopic (exact) mass is 314 g/mol. The van der Waals surface area contributed by atoms with Crippen molar-refractivity contribution >= 4 is 35.2 Å². The topological polar surface area (TPSA) is 63.4 Å². The molecule has 4 nitrogen and oxygen atoms in total. The summed E-state index contributed by atoms with van der Waals surface area (Å²) in [5.74, 6) is 0.111. The van der Waals surface area contributed by atoms with Crippen LogP contribution in [0.25, 0.3) is 0 Å². The van der Waals surface area contributed by atoms with E-state index in [0.717, 1.165) is 4.90 Å². The number of carbonyl (C=O) groups excluding carboxylic acids is 2. The van der Waals surface area contributed by atoms with Crippen LogP contribution in [0, 0.1) is 0 Å². The van der Waals surface area contributed by atoms with Gasteiger partial charge < -0.3 is 10.6 Å². The predicted octanol–water partition coefficient (Wildman–Crippen LogP) is 2.54. The van der Waals surface area contributed by atoms with Crippen LogP contribution in [0.2, 0.25) is 5.02 Å². The number of hydrogen-bond donors (Lipinski definition) is 1. The number of carbonyl (C=O) groups is 2. The lowest BCUT2D eigenvalue weighted by Crippen LogP contribution is -2.42. The zero-order valence-corrected chi connectivity index (χ0v) is 13.2. The quantitative estimate of drug-likeness (QED) is 0.787. The van der Waals surface area contributed by atoms with Gasteiger partial charge in [0.2, 0.25) is 11.8 Å². The fourth-order valence-corrected chi connectivity index (χ4v) is 2.62. The zero-order valence-electron chi connectivity index (χ0n) is 11.6. The normalized spacial score (nSPS) is 10.6. The first-order chi connectivity index (χ1) is 9.40. The lowest BCUT2D eigenvalue weighted by atomic mass is 10.3. The van der Waals surface area contributed by atoms with Gasteiger partial charge in [-0.1, -0.05) is 11.6 Å². The van der Waals surface area contributed by atoms with Gasteiger partial charge in [-0.05, 0) is 38.1 Å². The third-order valence-corrected chi connectivity index (χ3v) is 3.93. The van der Waals surface area contributed by atoms with Crippen LogP contribution in [0.1, 0.15) is 20.3 Å². The van der Waals surface area contributed by atoms with Crippen molar-refractivity contribution in [1.29, 1.82) is 0 Å². The van der Waals surface area contributed by atoms with Gasteiger partial charge in [-0.15, -0.1) is 11.8 Å². The molecule has 0 aliphatic rings. The Balaban J connectivity index is 2.44. The molecule has 110 valence electrons. The van der Waals surface area contributed by atoms with E-state index in [1.807, 2.05) is 38.1 Å². The Hall–Kier alpha value is -1.20. The number of benzene rings is 1. The van der Waals surface area contributed by atoms with E-state index in [9.17, 15) is 9.59 Å². The molecule has 0 bridgehead atoms. The van der Waals surface area contributed by atoms with Crippen LogP contribution in [0.15, 0.2) is 29.2 Å². The van der Waals surface area contributed by atoms with Crippen molar-refractivity contribution in [3.05, 3.63) is 29.3 Å². The third-order valence-electron chi connectivity index (χ3n) is 2.67. The Labute approximate surface area is 128 Å². The van der Waals surface area contributed by atoms with Gasteiger partial charge in [-0.25, -0.2) is 0 Å². The zero-order chi connectivity index (χ0) is 15.1. The maximum atomic E-state index is 12.0. The molecule has 1 aromatic carbocycles. The van der Waals surface area contributed by atoms with Gasteiger partial charge >= 0.3 is 0 Å². The van der Waals surface area contributed by atoms with Crippen molar-refractivity contribution in [3.8, 4) is 0 Å². The molecule has 20 heavy (non-hydrogen) atoms. The van der Waals surface area contributed by atoms with Gasteiger partial charge in [0.15, 0.2) is 0 Å². The summed E-state index contributed by atoms with van der Waals surface area (Å²) in [7, 11) is 0. The second-order valence-electron chi connectivity index (χ2n) is 4.63. The molecule has 2 N–H and O–H groups in total. The average Bonchev–Trinajstić information content (AvgIpc) is 2.37. The maximum absolute atomic E-state index is 12.0. The summed E-state index contributed by atoms with van der Waals surface area (Å²) >= 11 is 7.39. The number of hydrogen-bond acceptors (Lipinski definition) is 3. The molecule has 0 saturated heterocycles. The van der Waals surface area contributed by atoms with Gasteiger partial charge in [0, 0.05) is 28.1 Å². The fraction of sp³-hybridized carbons (Fsp3) is 0.429. The summed E-state index contributed by atoms with van der Waals surface area (Å²) in [4.78, 5) is 25.6. The van der Waals surface area contributed by atoms with Crippen molar-refractivity contribution < 1.29 is 9.59 Å². The molecule has 1 aromatic rings. The van der Waals surface area contributed by atoms with Crippen LogP contribution in [-0.2, 0) is 9.59 Å². The molecule has 0 aromatic heterocycles. The number of primary amides is 1. The molecule has 6 heteroatoms. The van der Waals surface area contributed by atoms with Crippen molar-refractivity contribution in [2.75, 3.05) is 12.3 Å². The molecule has 0 radical (unpaired) electrons. The number of amides is 2. The summed E-state index contributed by atoms with van der Waals surface area (Å²) in [6, 6.07) is 7.44. The summed E-state index contributed by atoms with van der Waals surface area (Å²) in [6.45, 7) is 3.71. The molecular formula is C14H19ClN2O2S. The Morgan fingerprint density at radius 3 is 2.40 bits per heavy atom. The van der Waals surface area contributed by atoms with Crippen LogP contribution < -0.4 is 5.73 Å². The van der Waals surface area contributed by atoms with E-state index in [1.54, 1.807) is 11.8 Å². The number of nitrogens with two attached hydrogens (primary N) is 1. The standard InChI is InChI=1S/C14H19ClN2O2S/c1-10(2)17(9-13(16)18)14(19)7-8-20-12-5-3-11(15)4-6-12/h3-6,10H,7-9H2,1-2H3,(H2,16,18). The van der Waals surface area contributed by atoms with E-state index in [4.69, 9.17) is 17.3 Å². The highest BCUT2D eigenvalue weighted by Crippen LogP contribution is 2.21. The Morgan fingerprint density at radius 2 is 1.90 bits per heavy atom. The summed E-state index contributed by atoms with van der Waals surface area (Å²) < 4.78 is 0. The van der Waals surface area contributed by atoms with Crippen LogP contribution in [-0.4, -0.2) is 35.1 Å². The highest BCUT2D eigenvalue weighted by Gasteiger charge is 2.18. The third kappa shape index (κ3) is 5.84. The number of rotatable bonds is 7. The van der Waals surface area contributed by atoms with E-state index in [0.29, 0.717) is 17.2 Å². The summed E-state index contributed by atoms with van der Waals surface area (Å²) in [5, 5.41) is 0.692. The van der Waals surface area contributed by atoms with E-state index in [1.165, 1.54) is 4.90 Å². The maximum Gasteiger partial charge on any atom is 0.237 e. The number of halogens is 1. The minimum Gasteiger partial charge on any atom is -0.368 e. The molecular weight excluding hydrogens is 296 g/mol.